The van der Waals surface area contributed by atoms with Crippen molar-refractivity contribution in [2.75, 3.05) is 13.1 Å². The average Bonchev–Trinajstić information content (AvgIpc) is 3.00. The van der Waals surface area contributed by atoms with Crippen molar-refractivity contribution < 1.29 is 22.8 Å². The van der Waals surface area contributed by atoms with Gasteiger partial charge in [0.2, 0.25) is 11.8 Å². The first kappa shape index (κ1) is 27.0. The lowest BCUT2D eigenvalue weighted by Gasteiger charge is -2.30. The zero-order valence-corrected chi connectivity index (χ0v) is 22.0. The number of nitrogens with one attached hydrogen (secondary N) is 1. The maximum Gasteiger partial charge on any atom is 0.269 e. The summed E-state index contributed by atoms with van der Waals surface area (Å²) in [5, 5.41) is 3.57. The summed E-state index contributed by atoms with van der Waals surface area (Å²) in [6.07, 6.45) is -0.300. The zero-order chi connectivity index (χ0) is 25.9. The van der Waals surface area contributed by atoms with Gasteiger partial charge in [-0.15, -0.1) is 0 Å². The van der Waals surface area contributed by atoms with E-state index in [9.17, 15) is 22.8 Å². The fraction of sp³-hybridized carbons (Fsp3) is 0.375. The van der Waals surface area contributed by atoms with Crippen molar-refractivity contribution in [1.82, 2.24) is 14.5 Å². The third-order valence-electron chi connectivity index (χ3n) is 5.65. The Morgan fingerprint density at radius 3 is 2.40 bits per heavy atom. The van der Waals surface area contributed by atoms with Gasteiger partial charge in [-0.3, -0.25) is 14.4 Å². The molecule has 2 aromatic rings. The highest BCUT2D eigenvalue weighted by Gasteiger charge is 2.41. The van der Waals surface area contributed by atoms with Crippen LogP contribution in [0.15, 0.2) is 47.4 Å². The number of benzene rings is 2. The largest absolute Gasteiger partial charge is 0.354 e. The minimum atomic E-state index is -4.04. The molecule has 35 heavy (non-hydrogen) atoms. The first-order valence-corrected chi connectivity index (χ1v) is 13.3. The Morgan fingerprint density at radius 1 is 1.09 bits per heavy atom. The molecule has 0 aromatic heterocycles. The molecule has 1 atom stereocenters. The molecule has 0 spiro atoms. The van der Waals surface area contributed by atoms with Gasteiger partial charge in [-0.1, -0.05) is 55.2 Å². The van der Waals surface area contributed by atoms with E-state index in [2.05, 4.69) is 5.32 Å². The van der Waals surface area contributed by atoms with Crippen molar-refractivity contribution in [3.8, 4) is 0 Å². The van der Waals surface area contributed by atoms with Crippen molar-refractivity contribution in [2.24, 2.45) is 5.92 Å². The summed E-state index contributed by atoms with van der Waals surface area (Å²) >= 11 is 12.3. The molecule has 0 unspecified atom stereocenters. The Kier molecular flexibility index (Phi) is 8.46. The normalized spacial score (nSPS) is 15.1. The van der Waals surface area contributed by atoms with Crippen LogP contribution in [-0.2, 0) is 26.2 Å². The van der Waals surface area contributed by atoms with Crippen LogP contribution in [0.5, 0.6) is 0 Å². The predicted molar refractivity (Wildman–Crippen MR) is 134 cm³/mol. The summed E-state index contributed by atoms with van der Waals surface area (Å²) < 4.78 is 26.3. The molecular weight excluding hydrogens is 513 g/mol. The third kappa shape index (κ3) is 5.97. The van der Waals surface area contributed by atoms with Crippen molar-refractivity contribution >= 4 is 50.9 Å². The Bertz CT molecular complexity index is 1250. The molecule has 11 heteroatoms. The molecular formula is C24H27Cl2N3O5S. The standard InChI is InChI=1S/C24H27Cl2N3O5S/c1-15(2)13-27-23(31)16(3)28(14-17-8-9-18(25)12-20(17)26)22(30)10-11-29-24(32)19-6-4-5-7-21(19)35(29,33)34/h4-9,12,15-16H,10-11,13-14H2,1-3H3,(H,27,31)/t16-/m0/s1. The van der Waals surface area contributed by atoms with Gasteiger partial charge in [-0.05, 0) is 42.7 Å². The van der Waals surface area contributed by atoms with E-state index in [-0.39, 0.29) is 41.8 Å². The van der Waals surface area contributed by atoms with E-state index >= 15 is 0 Å². The highest BCUT2D eigenvalue weighted by Crippen LogP contribution is 2.30. The number of sulfonamides is 1. The molecule has 1 N–H and O–H groups in total. The molecule has 8 nitrogen and oxygen atoms in total. The molecule has 2 aromatic carbocycles. The van der Waals surface area contributed by atoms with Crippen LogP contribution in [-0.4, -0.2) is 54.5 Å². The number of carbonyl (C=O) groups is 3. The summed E-state index contributed by atoms with van der Waals surface area (Å²) in [5.74, 6) is -1.31. The van der Waals surface area contributed by atoms with E-state index in [1.54, 1.807) is 25.1 Å². The van der Waals surface area contributed by atoms with E-state index in [1.807, 2.05) is 13.8 Å². The van der Waals surface area contributed by atoms with E-state index in [0.29, 0.717) is 26.5 Å². The van der Waals surface area contributed by atoms with E-state index in [4.69, 9.17) is 23.2 Å². The van der Waals surface area contributed by atoms with Crippen LogP contribution in [0.25, 0.3) is 0 Å². The fourth-order valence-corrected chi connectivity index (χ4v) is 5.70. The number of hydrogen-bond donors (Lipinski definition) is 1. The summed E-state index contributed by atoms with van der Waals surface area (Å²) in [5.41, 5.74) is 0.649. The van der Waals surface area contributed by atoms with Gasteiger partial charge in [0.25, 0.3) is 15.9 Å². The first-order valence-electron chi connectivity index (χ1n) is 11.1. The maximum absolute atomic E-state index is 13.3. The van der Waals surface area contributed by atoms with Crippen molar-refractivity contribution in [2.45, 2.75) is 44.7 Å². The molecule has 1 heterocycles. The van der Waals surface area contributed by atoms with Crippen molar-refractivity contribution in [3.05, 3.63) is 63.6 Å². The van der Waals surface area contributed by atoms with Gasteiger partial charge in [0.1, 0.15) is 10.9 Å². The molecule has 0 fully saturated rings. The number of fused-ring (bicyclic) bond motifs is 1. The molecule has 0 saturated carbocycles. The summed E-state index contributed by atoms with van der Waals surface area (Å²) in [6.45, 7) is 5.59. The average molecular weight is 540 g/mol. The van der Waals surface area contributed by atoms with Gasteiger partial charge in [0.15, 0.2) is 0 Å². The number of nitrogens with zero attached hydrogens (tertiary/aromatic N) is 2. The molecule has 188 valence electrons. The van der Waals surface area contributed by atoms with Gasteiger partial charge in [0.05, 0.1) is 5.56 Å². The highest BCUT2D eigenvalue weighted by atomic mass is 35.5. The van der Waals surface area contributed by atoms with E-state index in [1.165, 1.54) is 29.2 Å². The van der Waals surface area contributed by atoms with Crippen LogP contribution in [0.1, 0.15) is 43.1 Å². The quantitative estimate of drug-likeness (QED) is 0.522. The summed E-state index contributed by atoms with van der Waals surface area (Å²) in [7, 11) is -4.04. The Balaban J connectivity index is 1.81. The summed E-state index contributed by atoms with van der Waals surface area (Å²) in [6, 6.07) is 9.88. The number of hydrogen-bond acceptors (Lipinski definition) is 5. The van der Waals surface area contributed by atoms with Gasteiger partial charge < -0.3 is 10.2 Å². The Hall–Kier alpha value is -2.62. The second-order valence-corrected chi connectivity index (χ2v) is 11.4. The second kappa shape index (κ2) is 11.0. The summed E-state index contributed by atoms with van der Waals surface area (Å²) in [4.78, 5) is 40.0. The smallest absolute Gasteiger partial charge is 0.269 e. The van der Waals surface area contributed by atoms with E-state index in [0.717, 1.165) is 0 Å². The lowest BCUT2D eigenvalue weighted by Crippen LogP contribution is -2.49. The van der Waals surface area contributed by atoms with Crippen molar-refractivity contribution in [1.29, 1.82) is 0 Å². The van der Waals surface area contributed by atoms with Gasteiger partial charge in [0, 0.05) is 36.1 Å². The van der Waals surface area contributed by atoms with E-state index < -0.39 is 27.9 Å². The molecule has 3 rings (SSSR count). The molecule has 3 amide bonds. The lowest BCUT2D eigenvalue weighted by atomic mass is 10.1. The monoisotopic (exact) mass is 539 g/mol. The zero-order valence-electron chi connectivity index (χ0n) is 19.6. The van der Waals surface area contributed by atoms with Gasteiger partial charge >= 0.3 is 0 Å². The molecule has 0 saturated heterocycles. The van der Waals surface area contributed by atoms with Crippen molar-refractivity contribution in [3.63, 3.8) is 0 Å². The number of rotatable bonds is 9. The van der Waals surface area contributed by atoms with Gasteiger partial charge in [-0.25, -0.2) is 12.7 Å². The minimum absolute atomic E-state index is 0.00597. The molecule has 1 aliphatic heterocycles. The Labute approximate surface area is 215 Å². The lowest BCUT2D eigenvalue weighted by molar-refractivity contribution is -0.140. The maximum atomic E-state index is 13.3. The molecule has 1 aliphatic rings. The predicted octanol–water partition coefficient (Wildman–Crippen LogP) is 3.72. The molecule has 0 aliphatic carbocycles. The van der Waals surface area contributed by atoms with Crippen LogP contribution in [0.2, 0.25) is 10.0 Å². The SMILES string of the molecule is CC(C)CNC(=O)[C@H](C)N(Cc1ccc(Cl)cc1Cl)C(=O)CCN1C(=O)c2ccccc2S1(=O)=O. The van der Waals surface area contributed by atoms with Gasteiger partial charge in [-0.2, -0.15) is 0 Å². The van der Waals surface area contributed by atoms with Crippen LogP contribution >= 0.6 is 23.2 Å². The number of amides is 3. The van der Waals surface area contributed by atoms with Crippen LogP contribution < -0.4 is 5.32 Å². The minimum Gasteiger partial charge on any atom is -0.354 e. The number of carbonyl (C=O) groups excluding carboxylic acids is 3. The third-order valence-corrected chi connectivity index (χ3v) is 8.08. The topological polar surface area (TPSA) is 104 Å². The van der Waals surface area contributed by atoms with Crippen LogP contribution in [0.4, 0.5) is 0 Å². The Morgan fingerprint density at radius 2 is 1.77 bits per heavy atom. The molecule has 0 bridgehead atoms. The number of halogens is 2. The van der Waals surface area contributed by atoms with Crippen LogP contribution in [0.3, 0.4) is 0 Å². The fourth-order valence-electron chi connectivity index (χ4n) is 3.66. The first-order chi connectivity index (χ1) is 16.4. The molecule has 0 radical (unpaired) electrons. The highest BCUT2D eigenvalue weighted by molar-refractivity contribution is 7.90. The van der Waals surface area contributed by atoms with Crippen LogP contribution in [0, 0.1) is 5.92 Å². The second-order valence-electron chi connectivity index (χ2n) is 8.70.